The van der Waals surface area contributed by atoms with Gasteiger partial charge in [-0.1, -0.05) is 18.0 Å². The van der Waals surface area contributed by atoms with Gasteiger partial charge in [0.2, 0.25) is 0 Å². The molecule has 0 atom stereocenters. The number of benzene rings is 1. The first kappa shape index (κ1) is 20.8. The van der Waals surface area contributed by atoms with Crippen molar-refractivity contribution in [1.82, 2.24) is 10.2 Å². The maximum atomic E-state index is 10.9. The van der Waals surface area contributed by atoms with Crippen molar-refractivity contribution in [2.45, 2.75) is 45.2 Å². The molecular weight excluding hydrogens is 354 g/mol. The van der Waals surface area contributed by atoms with E-state index in [2.05, 4.69) is 24.1 Å². The van der Waals surface area contributed by atoms with Crippen molar-refractivity contribution in [3.8, 4) is 11.5 Å². The van der Waals surface area contributed by atoms with Crippen molar-refractivity contribution in [2.75, 3.05) is 33.4 Å². The Hall–Kier alpha value is -1.50. The van der Waals surface area contributed by atoms with Crippen LogP contribution < -0.4 is 20.5 Å². The van der Waals surface area contributed by atoms with Crippen LogP contribution in [-0.2, 0) is 11.3 Å². The number of likely N-dealkylation sites (tertiary alicyclic amines) is 1. The first-order valence-electron chi connectivity index (χ1n) is 9.07. The number of hydrogen-bond donors (Lipinski definition) is 2. The zero-order chi connectivity index (χ0) is 19.2. The third-order valence-electron chi connectivity index (χ3n) is 4.75. The molecule has 1 aliphatic heterocycles. The second-order valence-electron chi connectivity index (χ2n) is 7.33. The highest BCUT2D eigenvalue weighted by Crippen LogP contribution is 2.36. The van der Waals surface area contributed by atoms with Crippen molar-refractivity contribution in [3.63, 3.8) is 0 Å². The van der Waals surface area contributed by atoms with Gasteiger partial charge < -0.3 is 20.5 Å². The van der Waals surface area contributed by atoms with Gasteiger partial charge in [0, 0.05) is 18.6 Å². The van der Waals surface area contributed by atoms with E-state index in [0.717, 1.165) is 12.1 Å². The minimum absolute atomic E-state index is 0.110. The number of ether oxygens (including phenoxy) is 2. The number of halogens is 1. The summed E-state index contributed by atoms with van der Waals surface area (Å²) in [6.07, 6.45) is 3.90. The lowest BCUT2D eigenvalue weighted by Crippen LogP contribution is -2.52. The fourth-order valence-corrected chi connectivity index (χ4v) is 3.57. The van der Waals surface area contributed by atoms with Crippen LogP contribution >= 0.6 is 11.6 Å². The van der Waals surface area contributed by atoms with Crippen LogP contribution in [0, 0.1) is 0 Å². The average Bonchev–Trinajstić information content (AvgIpc) is 2.60. The molecule has 1 aliphatic rings. The van der Waals surface area contributed by atoms with Crippen LogP contribution in [0.2, 0.25) is 5.02 Å². The van der Waals surface area contributed by atoms with E-state index in [-0.39, 0.29) is 12.1 Å². The summed E-state index contributed by atoms with van der Waals surface area (Å²) in [4.78, 5) is 13.5. The van der Waals surface area contributed by atoms with Crippen molar-refractivity contribution >= 4 is 17.5 Å². The second kappa shape index (κ2) is 9.44. The largest absolute Gasteiger partial charge is 0.493 e. The molecule has 1 fully saturated rings. The monoisotopic (exact) mass is 383 g/mol. The van der Waals surface area contributed by atoms with E-state index >= 15 is 0 Å². The molecule has 0 aliphatic carbocycles. The number of carbonyl (C=O) groups excluding carboxylic acids is 1. The molecule has 0 saturated carbocycles. The summed E-state index contributed by atoms with van der Waals surface area (Å²) in [7, 11) is 1.54. The Morgan fingerprint density at radius 3 is 2.62 bits per heavy atom. The molecule has 1 heterocycles. The van der Waals surface area contributed by atoms with E-state index < -0.39 is 5.91 Å². The minimum Gasteiger partial charge on any atom is -0.493 e. The Morgan fingerprint density at radius 2 is 2.00 bits per heavy atom. The van der Waals surface area contributed by atoms with Crippen LogP contribution in [0.1, 0.15) is 38.7 Å². The summed E-state index contributed by atoms with van der Waals surface area (Å²) in [5.41, 5.74) is 6.22. The summed E-state index contributed by atoms with van der Waals surface area (Å²) in [5, 5.41) is 3.92. The van der Waals surface area contributed by atoms with Crippen LogP contribution in [-0.4, -0.2) is 49.7 Å². The number of amides is 1. The molecule has 26 heavy (non-hydrogen) atoms. The topological polar surface area (TPSA) is 76.8 Å². The number of nitrogens with zero attached hydrogens (tertiary/aromatic N) is 1. The van der Waals surface area contributed by atoms with E-state index in [1.165, 1.54) is 32.4 Å². The third kappa shape index (κ3) is 5.76. The van der Waals surface area contributed by atoms with E-state index in [9.17, 15) is 4.79 Å². The fraction of sp³-hybridized carbons (Fsp3) is 0.632. The van der Waals surface area contributed by atoms with Gasteiger partial charge in [0.1, 0.15) is 0 Å². The number of nitrogens with two attached hydrogens (primary N) is 1. The number of primary amides is 1. The SMILES string of the molecule is COc1cc(CNCC(C)(C)N2CCCCC2)cc(Cl)c1OCC(N)=O. The zero-order valence-corrected chi connectivity index (χ0v) is 16.7. The lowest BCUT2D eigenvalue weighted by Gasteiger charge is -2.41. The van der Waals surface area contributed by atoms with Crippen LogP contribution in [0.15, 0.2) is 12.1 Å². The van der Waals surface area contributed by atoms with Crippen LogP contribution in [0.25, 0.3) is 0 Å². The maximum Gasteiger partial charge on any atom is 0.255 e. The second-order valence-corrected chi connectivity index (χ2v) is 7.73. The molecule has 0 radical (unpaired) electrons. The van der Waals surface area contributed by atoms with Crippen LogP contribution in [0.3, 0.4) is 0 Å². The molecule has 6 nitrogen and oxygen atoms in total. The number of piperidine rings is 1. The lowest BCUT2D eigenvalue weighted by atomic mass is 9.98. The molecule has 7 heteroatoms. The lowest BCUT2D eigenvalue weighted by molar-refractivity contribution is -0.119. The van der Waals surface area contributed by atoms with Crippen LogP contribution in [0.4, 0.5) is 0 Å². The van der Waals surface area contributed by atoms with Crippen molar-refractivity contribution in [2.24, 2.45) is 5.73 Å². The molecule has 0 spiro atoms. The molecule has 0 bridgehead atoms. The standard InChI is InChI=1S/C19H30ClN3O3/c1-19(2,23-7-5-4-6-8-23)13-22-11-14-9-15(20)18(16(10-14)25-3)26-12-17(21)24/h9-10,22H,4-8,11-13H2,1-3H3,(H2,21,24). The van der Waals surface area contributed by atoms with E-state index in [4.69, 9.17) is 26.8 Å². The van der Waals surface area contributed by atoms with Gasteiger partial charge in [-0.2, -0.15) is 0 Å². The maximum absolute atomic E-state index is 10.9. The van der Waals surface area contributed by atoms with Gasteiger partial charge in [-0.25, -0.2) is 0 Å². The van der Waals surface area contributed by atoms with Gasteiger partial charge in [0.25, 0.3) is 5.91 Å². The number of carbonyl (C=O) groups is 1. The molecule has 0 unspecified atom stereocenters. The molecule has 2 rings (SSSR count). The Balaban J connectivity index is 1.96. The highest BCUT2D eigenvalue weighted by atomic mass is 35.5. The fourth-order valence-electron chi connectivity index (χ4n) is 3.28. The number of methoxy groups -OCH3 is 1. The van der Waals surface area contributed by atoms with E-state index in [1.54, 1.807) is 7.11 Å². The Kier molecular flexibility index (Phi) is 7.55. The molecule has 1 aromatic rings. The number of hydrogen-bond acceptors (Lipinski definition) is 5. The highest BCUT2D eigenvalue weighted by Gasteiger charge is 2.27. The normalized spacial score (nSPS) is 15.7. The molecule has 3 N–H and O–H groups in total. The van der Waals surface area contributed by atoms with Gasteiger partial charge >= 0.3 is 0 Å². The van der Waals surface area contributed by atoms with Gasteiger partial charge in [-0.05, 0) is 57.5 Å². The Labute approximate surface area is 161 Å². The summed E-state index contributed by atoms with van der Waals surface area (Å²) >= 11 is 6.29. The van der Waals surface area contributed by atoms with Crippen molar-refractivity contribution < 1.29 is 14.3 Å². The molecule has 146 valence electrons. The average molecular weight is 384 g/mol. The molecule has 1 amide bonds. The molecule has 1 aromatic carbocycles. The van der Waals surface area contributed by atoms with Crippen molar-refractivity contribution in [1.29, 1.82) is 0 Å². The smallest absolute Gasteiger partial charge is 0.255 e. The Morgan fingerprint density at radius 1 is 1.31 bits per heavy atom. The first-order chi connectivity index (χ1) is 12.3. The van der Waals surface area contributed by atoms with Crippen LogP contribution in [0.5, 0.6) is 11.5 Å². The summed E-state index contributed by atoms with van der Waals surface area (Å²) < 4.78 is 10.7. The van der Waals surface area contributed by atoms with Gasteiger partial charge in [-0.15, -0.1) is 0 Å². The van der Waals surface area contributed by atoms with Crippen molar-refractivity contribution in [3.05, 3.63) is 22.7 Å². The first-order valence-corrected chi connectivity index (χ1v) is 9.44. The quantitative estimate of drug-likeness (QED) is 0.685. The number of nitrogens with one attached hydrogen (secondary N) is 1. The van der Waals surface area contributed by atoms with Gasteiger partial charge in [-0.3, -0.25) is 9.69 Å². The molecule has 0 aromatic heterocycles. The van der Waals surface area contributed by atoms with E-state index in [1.807, 2.05) is 12.1 Å². The Bertz CT molecular complexity index is 616. The summed E-state index contributed by atoms with van der Waals surface area (Å²) in [5.74, 6) is 0.269. The van der Waals surface area contributed by atoms with E-state index in [0.29, 0.717) is 23.1 Å². The third-order valence-corrected chi connectivity index (χ3v) is 5.03. The molecular formula is C19H30ClN3O3. The summed E-state index contributed by atoms with van der Waals surface area (Å²) in [6, 6.07) is 3.68. The predicted octanol–water partition coefficient (Wildman–Crippen LogP) is 2.57. The number of rotatable bonds is 9. The molecule has 1 saturated heterocycles. The highest BCUT2D eigenvalue weighted by molar-refractivity contribution is 6.32. The minimum atomic E-state index is -0.561. The van der Waals surface area contributed by atoms with Gasteiger partial charge in [0.05, 0.1) is 12.1 Å². The zero-order valence-electron chi connectivity index (χ0n) is 15.9. The van der Waals surface area contributed by atoms with Gasteiger partial charge in [0.15, 0.2) is 18.1 Å². The summed E-state index contributed by atoms with van der Waals surface area (Å²) in [6.45, 7) is 8.20. The predicted molar refractivity (Wildman–Crippen MR) is 104 cm³/mol.